The Morgan fingerprint density at radius 2 is 1.95 bits per heavy atom. The van der Waals surface area contributed by atoms with Crippen molar-refractivity contribution in [3.8, 4) is 0 Å². The number of hydrogen-bond acceptors (Lipinski definition) is 1. The van der Waals surface area contributed by atoms with Crippen molar-refractivity contribution in [2.45, 2.75) is 36.8 Å². The van der Waals surface area contributed by atoms with E-state index < -0.39 is 9.96 Å². The fourth-order valence-electron chi connectivity index (χ4n) is 1.63. The molecule has 0 aliphatic heterocycles. The van der Waals surface area contributed by atoms with Crippen LogP contribution < -0.4 is 10.6 Å². The third-order valence-corrected chi connectivity index (χ3v) is 3.20. The second-order valence-electron chi connectivity index (χ2n) is 4.80. The van der Waals surface area contributed by atoms with Crippen LogP contribution in [0, 0.1) is 6.92 Å². The molecule has 0 radical (unpaired) electrons. The first kappa shape index (κ1) is 16.6. The predicted octanol–water partition coefficient (Wildman–Crippen LogP) is 2.39. The van der Waals surface area contributed by atoms with Crippen LogP contribution in [0.1, 0.15) is 29.8 Å². The summed E-state index contributed by atoms with van der Waals surface area (Å²) in [6.07, 6.45) is -0.634. The Morgan fingerprint density at radius 3 is 2.42 bits per heavy atom. The molecule has 3 nitrogen and oxygen atoms in total. The van der Waals surface area contributed by atoms with Gasteiger partial charge in [0, 0.05) is 5.56 Å². The van der Waals surface area contributed by atoms with Crippen molar-refractivity contribution in [1.29, 1.82) is 0 Å². The smallest absolute Gasteiger partial charge is 0.262 e. The number of nitrogens with one attached hydrogen (secondary N) is 1. The highest BCUT2D eigenvalue weighted by atomic mass is 35.6. The molecule has 0 saturated carbocycles. The second kappa shape index (κ2) is 6.80. The van der Waals surface area contributed by atoms with Crippen LogP contribution in [0.5, 0.6) is 0 Å². The quantitative estimate of drug-likeness (QED) is 0.648. The number of carbonyl (C=O) groups is 1. The average Bonchev–Trinajstić information content (AvgIpc) is 2.26. The van der Waals surface area contributed by atoms with Crippen LogP contribution in [0.25, 0.3) is 0 Å². The summed E-state index contributed by atoms with van der Waals surface area (Å²) in [5, 5.41) is 4.55. The first-order valence-corrected chi connectivity index (χ1v) is 7.13. The molecule has 1 amide bonds. The molecule has 1 unspecified atom stereocenters. The van der Waals surface area contributed by atoms with Crippen LogP contribution in [-0.2, 0) is 0 Å². The van der Waals surface area contributed by atoms with E-state index in [0.29, 0.717) is 5.56 Å². The molecule has 6 heteroatoms. The molecule has 1 atom stereocenters. The number of alkyl halides is 3. The number of halogens is 3. The summed E-state index contributed by atoms with van der Waals surface area (Å²) in [6, 6.07) is 7.45. The van der Waals surface area contributed by atoms with Crippen LogP contribution in [0.4, 0.5) is 0 Å². The number of amides is 1. The largest absolute Gasteiger partial charge is 0.321 e. The highest BCUT2D eigenvalue weighted by Gasteiger charge is 2.38. The van der Waals surface area contributed by atoms with Crippen molar-refractivity contribution in [2.75, 3.05) is 0 Å². The van der Waals surface area contributed by atoms with E-state index in [1.165, 1.54) is 0 Å². The lowest BCUT2D eigenvalue weighted by Crippen LogP contribution is -2.99. The molecule has 0 aromatic heterocycles. The summed E-state index contributed by atoms with van der Waals surface area (Å²) in [5.74, 6) is -0.253. The molecule has 106 valence electrons. The summed E-state index contributed by atoms with van der Waals surface area (Å²) < 4.78 is -1.57. The number of benzene rings is 1. The maximum Gasteiger partial charge on any atom is 0.262 e. The number of hydrogen-bond donors (Lipinski definition) is 2. The second-order valence-corrected chi connectivity index (χ2v) is 7.17. The van der Waals surface area contributed by atoms with Gasteiger partial charge in [0.25, 0.3) is 9.70 Å². The molecule has 0 spiro atoms. The Hall–Kier alpha value is -0.480. The van der Waals surface area contributed by atoms with Crippen LogP contribution in [0.3, 0.4) is 0 Å². The molecular weight excluding hydrogens is 307 g/mol. The number of nitrogens with two attached hydrogens (primary N) is 1. The highest BCUT2D eigenvalue weighted by Crippen LogP contribution is 2.27. The minimum absolute atomic E-state index is 0.193. The minimum Gasteiger partial charge on any atom is -0.321 e. The van der Waals surface area contributed by atoms with E-state index in [2.05, 4.69) is 5.32 Å². The average molecular weight is 325 g/mol. The maximum atomic E-state index is 12.1. The summed E-state index contributed by atoms with van der Waals surface area (Å²) in [5.41, 5.74) is 1.56. The predicted molar refractivity (Wildman–Crippen MR) is 79.8 cm³/mol. The monoisotopic (exact) mass is 323 g/mol. The van der Waals surface area contributed by atoms with Gasteiger partial charge in [-0.1, -0.05) is 52.5 Å². The highest BCUT2D eigenvalue weighted by molar-refractivity contribution is 6.68. The third kappa shape index (κ3) is 5.57. The first-order valence-electron chi connectivity index (χ1n) is 5.99. The van der Waals surface area contributed by atoms with Gasteiger partial charge in [-0.25, -0.2) is 0 Å². The van der Waals surface area contributed by atoms with Crippen molar-refractivity contribution in [2.24, 2.45) is 0 Å². The Balaban J connectivity index is 2.82. The van der Waals surface area contributed by atoms with Crippen LogP contribution in [0.15, 0.2) is 24.3 Å². The number of aryl methyl sites for hydroxylation is 1. The van der Waals surface area contributed by atoms with Gasteiger partial charge in [-0.05, 0) is 32.9 Å². The van der Waals surface area contributed by atoms with Gasteiger partial charge in [-0.2, -0.15) is 0 Å². The first-order chi connectivity index (χ1) is 8.70. The molecule has 3 N–H and O–H groups in total. The third-order valence-electron chi connectivity index (χ3n) is 2.50. The molecule has 1 aromatic rings. The topological polar surface area (TPSA) is 45.7 Å². The molecule has 0 aliphatic rings. The van der Waals surface area contributed by atoms with Crippen LogP contribution in [-0.4, -0.2) is 21.9 Å². The fraction of sp³-hybridized carbons (Fsp3) is 0.462. The Labute approximate surface area is 128 Å². The van der Waals surface area contributed by atoms with Gasteiger partial charge in [-0.15, -0.1) is 0 Å². The fourth-order valence-corrected chi connectivity index (χ4v) is 2.02. The lowest BCUT2D eigenvalue weighted by Gasteiger charge is -2.25. The van der Waals surface area contributed by atoms with E-state index in [0.717, 1.165) is 5.56 Å². The standard InChI is InChI=1S/C13H17Cl3N2O/c1-8(2)17-12(13(14,15)16)18-11(19)10-6-4-5-9(3)7-10/h4-8,12,17H,1-3H3,(H,18,19)/p+1. The van der Waals surface area contributed by atoms with E-state index in [-0.39, 0.29) is 11.9 Å². The lowest BCUT2D eigenvalue weighted by atomic mass is 10.1. The normalized spacial score (nSPS) is 13.4. The van der Waals surface area contributed by atoms with Gasteiger partial charge in [0.05, 0.1) is 6.04 Å². The van der Waals surface area contributed by atoms with Gasteiger partial charge in [0.15, 0.2) is 0 Å². The SMILES string of the molecule is Cc1cccc(C(=O)NC([NH2+]C(C)C)C(Cl)(Cl)Cl)c1. The molecule has 1 aromatic carbocycles. The van der Waals surface area contributed by atoms with Gasteiger partial charge >= 0.3 is 0 Å². The molecule has 0 heterocycles. The van der Waals surface area contributed by atoms with E-state index in [1.807, 2.05) is 32.9 Å². The van der Waals surface area contributed by atoms with Crippen molar-refractivity contribution >= 4 is 40.7 Å². The van der Waals surface area contributed by atoms with Crippen molar-refractivity contribution in [1.82, 2.24) is 5.32 Å². The zero-order valence-electron chi connectivity index (χ0n) is 11.1. The van der Waals surface area contributed by atoms with Crippen molar-refractivity contribution < 1.29 is 10.1 Å². The van der Waals surface area contributed by atoms with Gasteiger partial charge in [-0.3, -0.25) is 10.1 Å². The van der Waals surface area contributed by atoms with Crippen LogP contribution in [0.2, 0.25) is 0 Å². The Kier molecular flexibility index (Phi) is 5.93. The molecular formula is C13H18Cl3N2O+. The summed E-state index contributed by atoms with van der Waals surface area (Å²) in [7, 11) is 0. The summed E-state index contributed by atoms with van der Waals surface area (Å²) in [6.45, 7) is 5.84. The molecule has 0 aliphatic carbocycles. The molecule has 1 rings (SSSR count). The molecule has 0 fully saturated rings. The number of rotatable bonds is 4. The summed E-state index contributed by atoms with van der Waals surface area (Å²) >= 11 is 17.7. The molecule has 0 bridgehead atoms. The zero-order valence-corrected chi connectivity index (χ0v) is 13.4. The van der Waals surface area contributed by atoms with Gasteiger partial charge in [0.1, 0.15) is 0 Å². The van der Waals surface area contributed by atoms with Gasteiger partial charge < -0.3 is 5.32 Å². The van der Waals surface area contributed by atoms with Crippen molar-refractivity contribution in [3.63, 3.8) is 0 Å². The minimum atomic E-state index is -1.57. The van der Waals surface area contributed by atoms with E-state index in [1.54, 1.807) is 17.4 Å². The summed E-state index contributed by atoms with van der Waals surface area (Å²) in [4.78, 5) is 12.1. The van der Waals surface area contributed by atoms with Crippen molar-refractivity contribution in [3.05, 3.63) is 35.4 Å². The van der Waals surface area contributed by atoms with E-state index >= 15 is 0 Å². The lowest BCUT2D eigenvalue weighted by molar-refractivity contribution is -0.717. The van der Waals surface area contributed by atoms with Gasteiger partial charge in [0.2, 0.25) is 6.17 Å². The number of quaternary nitrogens is 1. The molecule has 19 heavy (non-hydrogen) atoms. The Morgan fingerprint density at radius 1 is 1.32 bits per heavy atom. The molecule has 0 saturated heterocycles. The maximum absolute atomic E-state index is 12.1. The van der Waals surface area contributed by atoms with Crippen LogP contribution >= 0.6 is 34.8 Å². The number of carbonyl (C=O) groups excluding carboxylic acids is 1. The zero-order chi connectivity index (χ0) is 14.6. The van der Waals surface area contributed by atoms with E-state index in [9.17, 15) is 4.79 Å². The van der Waals surface area contributed by atoms with E-state index in [4.69, 9.17) is 34.8 Å². The Bertz CT molecular complexity index is 444.